The molecule has 0 aliphatic carbocycles. The number of amidine groups is 1. The maximum absolute atomic E-state index is 8.69. The van der Waals surface area contributed by atoms with Crippen molar-refractivity contribution in [3.05, 3.63) is 29.8 Å². The van der Waals surface area contributed by atoms with Gasteiger partial charge in [-0.05, 0) is 50.6 Å². The fourth-order valence-electron chi connectivity index (χ4n) is 3.44. The minimum absolute atomic E-state index is 0.159. The third-order valence-electron chi connectivity index (χ3n) is 4.78. The Bertz CT molecular complexity index is 499. The van der Waals surface area contributed by atoms with Crippen LogP contribution >= 0.6 is 0 Å². The van der Waals surface area contributed by atoms with Crippen LogP contribution in [0.5, 0.6) is 0 Å². The average molecular weight is 274 g/mol. The number of nitrogens with zero attached hydrogens (tertiary/aromatic N) is 3. The molecule has 0 saturated carbocycles. The first-order chi connectivity index (χ1) is 9.69. The zero-order valence-electron chi connectivity index (χ0n) is 11.9. The summed E-state index contributed by atoms with van der Waals surface area (Å²) in [7, 11) is 2.26. The van der Waals surface area contributed by atoms with E-state index in [1.54, 1.807) is 0 Å². The molecule has 2 aliphatic rings. The molecule has 2 fully saturated rings. The standard InChI is InChI=1S/C15H22N4O/c1-18-12-6-7-14(18)10-19(9-8-12)13-4-2-11(3-5-13)15(16)17-20/h2-5,12,14,20H,6-10H2,1H3,(H2,16,17). The lowest BCUT2D eigenvalue weighted by Gasteiger charge is -2.27. The number of benzene rings is 1. The molecule has 5 nitrogen and oxygen atoms in total. The van der Waals surface area contributed by atoms with Gasteiger partial charge in [0.1, 0.15) is 0 Å². The maximum Gasteiger partial charge on any atom is 0.170 e. The van der Waals surface area contributed by atoms with Gasteiger partial charge >= 0.3 is 0 Å². The predicted molar refractivity (Wildman–Crippen MR) is 80.4 cm³/mol. The van der Waals surface area contributed by atoms with Crippen molar-refractivity contribution in [1.82, 2.24) is 4.90 Å². The third kappa shape index (κ3) is 2.33. The Labute approximate surface area is 119 Å². The Morgan fingerprint density at radius 3 is 2.60 bits per heavy atom. The van der Waals surface area contributed by atoms with Crippen LogP contribution in [0.2, 0.25) is 0 Å². The van der Waals surface area contributed by atoms with E-state index in [0.29, 0.717) is 6.04 Å². The SMILES string of the molecule is CN1C2CCC1CN(c1ccc(C(N)=NO)cc1)CC2. The van der Waals surface area contributed by atoms with Crippen LogP contribution < -0.4 is 10.6 Å². The summed E-state index contributed by atoms with van der Waals surface area (Å²) in [6.45, 7) is 2.20. The first kappa shape index (κ1) is 13.2. The summed E-state index contributed by atoms with van der Waals surface area (Å²) in [5.74, 6) is 0.159. The van der Waals surface area contributed by atoms with E-state index in [4.69, 9.17) is 10.9 Å². The van der Waals surface area contributed by atoms with Gasteiger partial charge < -0.3 is 15.8 Å². The molecule has 0 spiro atoms. The summed E-state index contributed by atoms with van der Waals surface area (Å²) in [4.78, 5) is 5.00. The number of fused-ring (bicyclic) bond motifs is 2. The highest BCUT2D eigenvalue weighted by Gasteiger charge is 2.34. The van der Waals surface area contributed by atoms with Crippen LogP contribution in [-0.2, 0) is 0 Å². The van der Waals surface area contributed by atoms with E-state index >= 15 is 0 Å². The fraction of sp³-hybridized carbons (Fsp3) is 0.533. The highest BCUT2D eigenvalue weighted by atomic mass is 16.4. The summed E-state index contributed by atoms with van der Waals surface area (Å²) in [6, 6.07) is 9.38. The molecule has 2 unspecified atom stereocenters. The van der Waals surface area contributed by atoms with Crippen molar-refractivity contribution >= 4 is 11.5 Å². The number of hydrogen-bond donors (Lipinski definition) is 2. The van der Waals surface area contributed by atoms with Gasteiger partial charge in [0, 0.05) is 36.4 Å². The van der Waals surface area contributed by atoms with Gasteiger partial charge in [0.25, 0.3) is 0 Å². The third-order valence-corrected chi connectivity index (χ3v) is 4.78. The summed E-state index contributed by atoms with van der Waals surface area (Å²) in [5.41, 5.74) is 7.57. The second-order valence-electron chi connectivity index (χ2n) is 5.82. The predicted octanol–water partition coefficient (Wildman–Crippen LogP) is 1.45. The lowest BCUT2D eigenvalue weighted by Crippen LogP contribution is -2.36. The number of likely N-dealkylation sites (N-methyl/N-ethyl adjacent to an activating group) is 1. The number of hydrogen-bond acceptors (Lipinski definition) is 4. The molecular formula is C15H22N4O. The molecule has 2 saturated heterocycles. The van der Waals surface area contributed by atoms with Gasteiger partial charge in [0.05, 0.1) is 0 Å². The van der Waals surface area contributed by atoms with Crippen molar-refractivity contribution in [3.63, 3.8) is 0 Å². The van der Waals surface area contributed by atoms with Crippen molar-refractivity contribution < 1.29 is 5.21 Å². The molecule has 2 aliphatic heterocycles. The molecule has 0 radical (unpaired) electrons. The average Bonchev–Trinajstić information content (AvgIpc) is 2.72. The molecule has 1 aromatic carbocycles. The van der Waals surface area contributed by atoms with E-state index < -0.39 is 0 Å². The largest absolute Gasteiger partial charge is 0.409 e. The summed E-state index contributed by atoms with van der Waals surface area (Å²) >= 11 is 0. The van der Waals surface area contributed by atoms with Crippen LogP contribution in [0.15, 0.2) is 29.4 Å². The molecule has 5 heteroatoms. The summed E-state index contributed by atoms with van der Waals surface area (Å²) < 4.78 is 0. The minimum Gasteiger partial charge on any atom is -0.409 e. The van der Waals surface area contributed by atoms with Gasteiger partial charge in [-0.1, -0.05) is 5.16 Å². The van der Waals surface area contributed by atoms with E-state index in [0.717, 1.165) is 24.7 Å². The summed E-state index contributed by atoms with van der Waals surface area (Å²) in [5, 5.41) is 11.7. The summed E-state index contributed by atoms with van der Waals surface area (Å²) in [6.07, 6.45) is 3.88. The Morgan fingerprint density at radius 1 is 1.20 bits per heavy atom. The zero-order valence-corrected chi connectivity index (χ0v) is 11.9. The number of anilines is 1. The van der Waals surface area contributed by atoms with Gasteiger partial charge in [-0.2, -0.15) is 0 Å². The Morgan fingerprint density at radius 2 is 1.90 bits per heavy atom. The molecule has 3 rings (SSSR count). The Balaban J connectivity index is 1.76. The van der Waals surface area contributed by atoms with E-state index in [2.05, 4.69) is 34.1 Å². The molecular weight excluding hydrogens is 252 g/mol. The fourth-order valence-corrected chi connectivity index (χ4v) is 3.44. The second-order valence-corrected chi connectivity index (χ2v) is 5.82. The van der Waals surface area contributed by atoms with Gasteiger partial charge in [0.2, 0.25) is 0 Å². The Kier molecular flexibility index (Phi) is 3.53. The normalized spacial score (nSPS) is 27.6. The Hall–Kier alpha value is -1.75. The molecule has 2 heterocycles. The number of nitrogens with two attached hydrogens (primary N) is 1. The van der Waals surface area contributed by atoms with Crippen LogP contribution in [0.25, 0.3) is 0 Å². The van der Waals surface area contributed by atoms with Crippen LogP contribution in [-0.4, -0.2) is 48.2 Å². The molecule has 20 heavy (non-hydrogen) atoms. The van der Waals surface area contributed by atoms with E-state index in [9.17, 15) is 0 Å². The topological polar surface area (TPSA) is 65.1 Å². The van der Waals surface area contributed by atoms with Crippen molar-refractivity contribution in [1.29, 1.82) is 0 Å². The smallest absolute Gasteiger partial charge is 0.170 e. The van der Waals surface area contributed by atoms with Crippen LogP contribution in [0, 0.1) is 0 Å². The first-order valence-electron chi connectivity index (χ1n) is 7.24. The van der Waals surface area contributed by atoms with Crippen molar-refractivity contribution in [3.8, 4) is 0 Å². The molecule has 3 N–H and O–H groups in total. The monoisotopic (exact) mass is 274 g/mol. The lowest BCUT2D eigenvalue weighted by atomic mass is 10.1. The molecule has 108 valence electrons. The number of oxime groups is 1. The quantitative estimate of drug-likeness (QED) is 0.371. The van der Waals surface area contributed by atoms with Crippen molar-refractivity contribution in [2.75, 3.05) is 25.0 Å². The zero-order chi connectivity index (χ0) is 14.1. The van der Waals surface area contributed by atoms with Crippen molar-refractivity contribution in [2.24, 2.45) is 10.9 Å². The lowest BCUT2D eigenvalue weighted by molar-refractivity contribution is 0.254. The molecule has 2 bridgehead atoms. The van der Waals surface area contributed by atoms with E-state index in [1.165, 1.54) is 24.9 Å². The highest BCUT2D eigenvalue weighted by Crippen LogP contribution is 2.30. The first-order valence-corrected chi connectivity index (χ1v) is 7.24. The van der Waals surface area contributed by atoms with Crippen LogP contribution in [0.4, 0.5) is 5.69 Å². The second kappa shape index (κ2) is 5.32. The van der Waals surface area contributed by atoms with Crippen LogP contribution in [0.3, 0.4) is 0 Å². The van der Waals surface area contributed by atoms with Crippen LogP contribution in [0.1, 0.15) is 24.8 Å². The van der Waals surface area contributed by atoms with Gasteiger partial charge in [-0.3, -0.25) is 4.90 Å². The molecule has 0 amide bonds. The van der Waals surface area contributed by atoms with Gasteiger partial charge in [-0.25, -0.2) is 0 Å². The molecule has 1 aromatic rings. The van der Waals surface area contributed by atoms with Gasteiger partial charge in [-0.15, -0.1) is 0 Å². The molecule has 2 atom stereocenters. The van der Waals surface area contributed by atoms with Crippen molar-refractivity contribution in [2.45, 2.75) is 31.3 Å². The number of rotatable bonds is 2. The van der Waals surface area contributed by atoms with E-state index in [1.807, 2.05) is 12.1 Å². The van der Waals surface area contributed by atoms with E-state index in [-0.39, 0.29) is 5.84 Å². The highest BCUT2D eigenvalue weighted by molar-refractivity contribution is 5.97. The minimum atomic E-state index is 0.159. The maximum atomic E-state index is 8.69. The van der Waals surface area contributed by atoms with Gasteiger partial charge in [0.15, 0.2) is 5.84 Å². The molecule has 0 aromatic heterocycles.